The van der Waals surface area contributed by atoms with E-state index in [9.17, 15) is 8.78 Å². The van der Waals surface area contributed by atoms with Crippen LogP contribution in [0.25, 0.3) is 0 Å². The largest absolute Gasteiger partial charge is 0.304 e. The molecule has 0 radical (unpaired) electrons. The predicted molar refractivity (Wildman–Crippen MR) is 80.5 cm³/mol. The maximum atomic E-state index is 13.8. The van der Waals surface area contributed by atoms with Crippen molar-refractivity contribution >= 4 is 15.9 Å². The third-order valence-corrected chi connectivity index (χ3v) is 4.04. The summed E-state index contributed by atoms with van der Waals surface area (Å²) in [5.41, 5.74) is 1.42. The Bertz CT molecular complexity index is 601. The molecule has 0 saturated carbocycles. The molecule has 2 aromatic rings. The minimum Gasteiger partial charge on any atom is -0.304 e. The van der Waals surface area contributed by atoms with E-state index in [0.717, 1.165) is 16.1 Å². The molecule has 20 heavy (non-hydrogen) atoms. The Morgan fingerprint density at radius 3 is 2.20 bits per heavy atom. The Kier molecular flexibility index (Phi) is 4.89. The van der Waals surface area contributed by atoms with Gasteiger partial charge in [0.15, 0.2) is 11.6 Å². The van der Waals surface area contributed by atoms with Gasteiger partial charge in [0.25, 0.3) is 0 Å². The predicted octanol–water partition coefficient (Wildman–Crippen LogP) is 5.14. The van der Waals surface area contributed by atoms with Crippen LogP contribution < -0.4 is 5.32 Å². The number of rotatable bonds is 4. The van der Waals surface area contributed by atoms with E-state index in [1.807, 2.05) is 38.1 Å². The SMILES string of the molecule is CC(NC(C)c1cccc(F)c1F)c1ccccc1Br. The number of halogens is 3. The van der Waals surface area contributed by atoms with Gasteiger partial charge in [-0.05, 0) is 31.5 Å². The summed E-state index contributed by atoms with van der Waals surface area (Å²) in [6.45, 7) is 3.82. The summed E-state index contributed by atoms with van der Waals surface area (Å²) in [7, 11) is 0. The molecule has 2 atom stereocenters. The average molecular weight is 340 g/mol. The number of nitrogens with one attached hydrogen (secondary N) is 1. The van der Waals surface area contributed by atoms with Crippen LogP contribution in [0.1, 0.15) is 37.1 Å². The molecule has 0 aromatic heterocycles. The maximum Gasteiger partial charge on any atom is 0.163 e. The van der Waals surface area contributed by atoms with Crippen molar-refractivity contribution in [2.45, 2.75) is 25.9 Å². The topological polar surface area (TPSA) is 12.0 Å². The number of benzene rings is 2. The van der Waals surface area contributed by atoms with Crippen LogP contribution in [-0.4, -0.2) is 0 Å². The maximum absolute atomic E-state index is 13.8. The van der Waals surface area contributed by atoms with Crippen molar-refractivity contribution in [2.75, 3.05) is 0 Å². The van der Waals surface area contributed by atoms with Crippen LogP contribution in [0.15, 0.2) is 46.9 Å². The van der Waals surface area contributed by atoms with Gasteiger partial charge in [-0.3, -0.25) is 0 Å². The molecule has 1 nitrogen and oxygen atoms in total. The Balaban J connectivity index is 2.17. The highest BCUT2D eigenvalue weighted by atomic mass is 79.9. The Hall–Kier alpha value is -1.26. The van der Waals surface area contributed by atoms with Gasteiger partial charge >= 0.3 is 0 Å². The fourth-order valence-electron chi connectivity index (χ4n) is 2.24. The molecule has 0 bridgehead atoms. The molecule has 106 valence electrons. The molecule has 0 spiro atoms. The van der Waals surface area contributed by atoms with Gasteiger partial charge in [0.1, 0.15) is 0 Å². The molecular weight excluding hydrogens is 324 g/mol. The Morgan fingerprint density at radius 2 is 1.50 bits per heavy atom. The minimum atomic E-state index is -0.815. The van der Waals surface area contributed by atoms with Crippen LogP contribution in [0.5, 0.6) is 0 Å². The molecule has 2 rings (SSSR count). The summed E-state index contributed by atoms with van der Waals surface area (Å²) in [6, 6.07) is 11.8. The third kappa shape index (κ3) is 3.25. The van der Waals surface area contributed by atoms with E-state index < -0.39 is 11.6 Å². The molecule has 0 fully saturated rings. The van der Waals surface area contributed by atoms with Crippen LogP contribution >= 0.6 is 15.9 Å². The quantitative estimate of drug-likeness (QED) is 0.813. The minimum absolute atomic E-state index is 0.0169. The first-order valence-electron chi connectivity index (χ1n) is 6.45. The van der Waals surface area contributed by atoms with E-state index in [1.54, 1.807) is 6.07 Å². The zero-order chi connectivity index (χ0) is 14.7. The van der Waals surface area contributed by atoms with Crippen molar-refractivity contribution in [1.82, 2.24) is 5.32 Å². The first-order chi connectivity index (χ1) is 9.50. The van der Waals surface area contributed by atoms with Gasteiger partial charge in [-0.2, -0.15) is 0 Å². The second-order valence-corrected chi connectivity index (χ2v) is 5.63. The fraction of sp³-hybridized carbons (Fsp3) is 0.250. The average Bonchev–Trinajstić information content (AvgIpc) is 2.42. The van der Waals surface area contributed by atoms with Crippen LogP contribution in [0, 0.1) is 11.6 Å². The number of hydrogen-bond acceptors (Lipinski definition) is 1. The van der Waals surface area contributed by atoms with Crippen LogP contribution in [-0.2, 0) is 0 Å². The molecule has 1 N–H and O–H groups in total. The van der Waals surface area contributed by atoms with E-state index in [4.69, 9.17) is 0 Å². The molecule has 0 aliphatic rings. The van der Waals surface area contributed by atoms with E-state index in [0.29, 0.717) is 5.56 Å². The highest BCUT2D eigenvalue weighted by Crippen LogP contribution is 2.26. The summed E-state index contributed by atoms with van der Waals surface area (Å²) in [4.78, 5) is 0. The summed E-state index contributed by atoms with van der Waals surface area (Å²) < 4.78 is 28.0. The van der Waals surface area contributed by atoms with Gasteiger partial charge in [-0.15, -0.1) is 0 Å². The molecule has 2 aromatic carbocycles. The third-order valence-electron chi connectivity index (χ3n) is 3.32. The standard InChI is InChI=1S/C16H16BrF2N/c1-10(12-6-3-4-8-14(12)17)20-11(2)13-7-5-9-15(18)16(13)19/h3-11,20H,1-2H3. The molecule has 0 aliphatic heterocycles. The lowest BCUT2D eigenvalue weighted by Crippen LogP contribution is -2.23. The molecule has 0 saturated heterocycles. The second-order valence-electron chi connectivity index (χ2n) is 4.77. The summed E-state index contributed by atoms with van der Waals surface area (Å²) in [5, 5.41) is 3.28. The smallest absolute Gasteiger partial charge is 0.163 e. The van der Waals surface area contributed by atoms with E-state index in [2.05, 4.69) is 21.2 Å². The highest BCUT2D eigenvalue weighted by Gasteiger charge is 2.17. The van der Waals surface area contributed by atoms with Gasteiger partial charge in [0.2, 0.25) is 0 Å². The molecule has 0 heterocycles. The van der Waals surface area contributed by atoms with Crippen LogP contribution in [0.3, 0.4) is 0 Å². The van der Waals surface area contributed by atoms with Crippen molar-refractivity contribution in [2.24, 2.45) is 0 Å². The van der Waals surface area contributed by atoms with Crippen molar-refractivity contribution in [3.8, 4) is 0 Å². The second kappa shape index (κ2) is 6.46. The lowest BCUT2D eigenvalue weighted by atomic mass is 10.0. The highest BCUT2D eigenvalue weighted by molar-refractivity contribution is 9.10. The number of hydrogen-bond donors (Lipinski definition) is 1. The Labute approximate surface area is 126 Å². The first-order valence-corrected chi connectivity index (χ1v) is 7.24. The van der Waals surface area contributed by atoms with Crippen LogP contribution in [0.2, 0.25) is 0 Å². The monoisotopic (exact) mass is 339 g/mol. The lowest BCUT2D eigenvalue weighted by Gasteiger charge is -2.22. The van der Waals surface area contributed by atoms with Gasteiger partial charge < -0.3 is 5.32 Å². The zero-order valence-corrected chi connectivity index (χ0v) is 12.9. The zero-order valence-electron chi connectivity index (χ0n) is 11.3. The van der Waals surface area contributed by atoms with E-state index >= 15 is 0 Å². The van der Waals surface area contributed by atoms with Crippen molar-refractivity contribution < 1.29 is 8.78 Å². The first kappa shape index (κ1) is 15.1. The van der Waals surface area contributed by atoms with Crippen molar-refractivity contribution in [3.05, 3.63) is 69.7 Å². The summed E-state index contributed by atoms with van der Waals surface area (Å²) in [6.07, 6.45) is 0. The molecule has 0 amide bonds. The fourth-order valence-corrected chi connectivity index (χ4v) is 2.86. The van der Waals surface area contributed by atoms with Crippen LogP contribution in [0.4, 0.5) is 8.78 Å². The van der Waals surface area contributed by atoms with E-state index in [1.165, 1.54) is 6.07 Å². The molecule has 2 unspecified atom stereocenters. The van der Waals surface area contributed by atoms with Crippen molar-refractivity contribution in [1.29, 1.82) is 0 Å². The van der Waals surface area contributed by atoms with Gasteiger partial charge in [-0.25, -0.2) is 8.78 Å². The summed E-state index contributed by atoms with van der Waals surface area (Å²) in [5.74, 6) is -1.60. The van der Waals surface area contributed by atoms with Gasteiger partial charge in [0, 0.05) is 22.1 Å². The molecule has 0 aliphatic carbocycles. The molecule has 4 heteroatoms. The van der Waals surface area contributed by atoms with E-state index in [-0.39, 0.29) is 12.1 Å². The van der Waals surface area contributed by atoms with Gasteiger partial charge in [0.05, 0.1) is 0 Å². The van der Waals surface area contributed by atoms with Gasteiger partial charge in [-0.1, -0.05) is 46.3 Å². The normalized spacial score (nSPS) is 14.1. The lowest BCUT2D eigenvalue weighted by molar-refractivity contribution is 0.448. The van der Waals surface area contributed by atoms with Crippen molar-refractivity contribution in [3.63, 3.8) is 0 Å². The summed E-state index contributed by atoms with van der Waals surface area (Å²) >= 11 is 3.50. The molecular formula is C16H16BrF2N. The Morgan fingerprint density at radius 1 is 0.900 bits per heavy atom.